The van der Waals surface area contributed by atoms with Crippen LogP contribution in [0.5, 0.6) is 5.75 Å². The van der Waals surface area contributed by atoms with Crippen LogP contribution in [0.15, 0.2) is 22.5 Å². The number of aromatic nitrogens is 1. The van der Waals surface area contributed by atoms with Crippen molar-refractivity contribution < 1.29 is 4.74 Å². The van der Waals surface area contributed by atoms with Crippen LogP contribution >= 0.6 is 23.3 Å². The predicted octanol–water partition coefficient (Wildman–Crippen LogP) is 6.67. The van der Waals surface area contributed by atoms with E-state index in [1.165, 1.54) is 73.2 Å². The Morgan fingerprint density at radius 1 is 1.04 bits per heavy atom. The van der Waals surface area contributed by atoms with Gasteiger partial charge in [0.1, 0.15) is 5.75 Å². The Labute approximate surface area is 165 Å². The molecule has 0 saturated heterocycles. The molecule has 0 radical (unpaired) electrons. The predicted molar refractivity (Wildman–Crippen MR) is 112 cm³/mol. The summed E-state index contributed by atoms with van der Waals surface area (Å²) >= 11 is 3.78. The highest BCUT2D eigenvalue weighted by Gasteiger charge is 2.30. The molecule has 2 saturated carbocycles. The molecule has 0 atom stereocenters. The van der Waals surface area contributed by atoms with Gasteiger partial charge in [-0.1, -0.05) is 38.5 Å². The summed E-state index contributed by atoms with van der Waals surface area (Å²) in [6.45, 7) is 2.73. The molecule has 0 amide bonds. The SMILES string of the molecule is CCOc1ccc2sc(SN(C3CCCCC3)C3CCCCC3)nc2c1. The fourth-order valence-corrected chi connectivity index (χ4v) is 6.78. The van der Waals surface area contributed by atoms with Gasteiger partial charge in [0, 0.05) is 18.2 Å². The van der Waals surface area contributed by atoms with Crippen LogP contribution in [0.25, 0.3) is 10.2 Å². The van der Waals surface area contributed by atoms with Crippen LogP contribution in [0.1, 0.15) is 71.1 Å². The van der Waals surface area contributed by atoms with Gasteiger partial charge >= 0.3 is 0 Å². The monoisotopic (exact) mass is 390 g/mol. The van der Waals surface area contributed by atoms with Gasteiger partial charge in [-0.3, -0.25) is 0 Å². The first-order chi connectivity index (χ1) is 12.8. The molecular weight excluding hydrogens is 360 g/mol. The molecule has 0 aliphatic heterocycles. The number of benzene rings is 1. The van der Waals surface area contributed by atoms with Crippen LogP contribution in [0.3, 0.4) is 0 Å². The Kier molecular flexibility index (Phi) is 6.39. The lowest BCUT2D eigenvalue weighted by Crippen LogP contribution is -2.40. The lowest BCUT2D eigenvalue weighted by Gasteiger charge is -2.40. The molecule has 3 nitrogen and oxygen atoms in total. The minimum Gasteiger partial charge on any atom is -0.494 e. The van der Waals surface area contributed by atoms with Crippen molar-refractivity contribution in [3.05, 3.63) is 18.2 Å². The summed E-state index contributed by atoms with van der Waals surface area (Å²) in [5, 5.41) is 0. The minimum absolute atomic E-state index is 0.703. The normalized spacial score (nSPS) is 20.1. The van der Waals surface area contributed by atoms with Gasteiger partial charge in [-0.25, -0.2) is 9.29 Å². The highest BCUT2D eigenvalue weighted by molar-refractivity contribution is 7.99. The molecule has 2 aliphatic rings. The number of hydrogen-bond donors (Lipinski definition) is 0. The van der Waals surface area contributed by atoms with E-state index in [1.54, 1.807) is 0 Å². The van der Waals surface area contributed by atoms with E-state index in [1.807, 2.05) is 30.2 Å². The topological polar surface area (TPSA) is 25.4 Å². The van der Waals surface area contributed by atoms with Crippen LogP contribution in [0, 0.1) is 0 Å². The average Bonchev–Trinajstić information content (AvgIpc) is 3.10. The zero-order chi connectivity index (χ0) is 17.8. The largest absolute Gasteiger partial charge is 0.494 e. The van der Waals surface area contributed by atoms with Crippen LogP contribution in [-0.2, 0) is 0 Å². The van der Waals surface area contributed by atoms with Crippen molar-refractivity contribution in [2.45, 2.75) is 87.6 Å². The molecule has 5 heteroatoms. The van der Waals surface area contributed by atoms with Crippen molar-refractivity contribution >= 4 is 33.5 Å². The van der Waals surface area contributed by atoms with Crippen LogP contribution in [0.2, 0.25) is 0 Å². The first-order valence-electron chi connectivity index (χ1n) is 10.3. The molecule has 2 aromatic rings. The van der Waals surface area contributed by atoms with Crippen LogP contribution in [0.4, 0.5) is 0 Å². The molecular formula is C21H30N2OS2. The van der Waals surface area contributed by atoms with Gasteiger partial charge < -0.3 is 4.74 Å². The highest BCUT2D eigenvalue weighted by Crippen LogP contribution is 2.40. The number of thiazole rings is 1. The molecule has 0 spiro atoms. The fourth-order valence-electron chi connectivity index (χ4n) is 4.39. The van der Waals surface area contributed by atoms with E-state index >= 15 is 0 Å². The Morgan fingerprint density at radius 3 is 2.31 bits per heavy atom. The molecule has 142 valence electrons. The zero-order valence-electron chi connectivity index (χ0n) is 15.8. The van der Waals surface area contributed by atoms with Crippen molar-refractivity contribution in [3.8, 4) is 5.75 Å². The van der Waals surface area contributed by atoms with E-state index in [-0.39, 0.29) is 0 Å². The maximum absolute atomic E-state index is 5.64. The van der Waals surface area contributed by atoms with E-state index in [0.717, 1.165) is 23.3 Å². The van der Waals surface area contributed by atoms with Crippen molar-refractivity contribution in [3.63, 3.8) is 0 Å². The van der Waals surface area contributed by atoms with Crippen molar-refractivity contribution in [1.82, 2.24) is 9.29 Å². The number of hydrogen-bond acceptors (Lipinski definition) is 5. The summed E-state index contributed by atoms with van der Waals surface area (Å²) in [7, 11) is 0. The number of ether oxygens (including phenoxy) is 1. The minimum atomic E-state index is 0.703. The average molecular weight is 391 g/mol. The number of fused-ring (bicyclic) bond motifs is 1. The van der Waals surface area contributed by atoms with Crippen LogP contribution < -0.4 is 4.74 Å². The molecule has 0 unspecified atom stereocenters. The number of rotatable bonds is 6. The van der Waals surface area contributed by atoms with Gasteiger partial charge in [-0.05, 0) is 56.7 Å². The Balaban J connectivity index is 1.54. The summed E-state index contributed by atoms with van der Waals surface area (Å²) in [6, 6.07) is 7.79. The third-order valence-electron chi connectivity index (χ3n) is 5.70. The van der Waals surface area contributed by atoms with Crippen molar-refractivity contribution in [2.75, 3.05) is 6.61 Å². The fraction of sp³-hybridized carbons (Fsp3) is 0.667. The first-order valence-corrected chi connectivity index (χ1v) is 11.9. The molecule has 1 aromatic heterocycles. The Hall–Kier alpha value is -0.780. The van der Waals surface area contributed by atoms with Gasteiger partial charge in [0.05, 0.1) is 16.8 Å². The molecule has 0 N–H and O–H groups in total. The maximum Gasteiger partial charge on any atom is 0.166 e. The maximum atomic E-state index is 5.64. The van der Waals surface area contributed by atoms with E-state index in [0.29, 0.717) is 6.61 Å². The quantitative estimate of drug-likeness (QED) is 0.514. The molecule has 1 heterocycles. The summed E-state index contributed by atoms with van der Waals surface area (Å²) < 4.78 is 10.9. The zero-order valence-corrected chi connectivity index (χ0v) is 17.4. The third-order valence-corrected chi connectivity index (χ3v) is 8.06. The molecule has 1 aromatic carbocycles. The number of nitrogens with zero attached hydrogens (tertiary/aromatic N) is 2. The van der Waals surface area contributed by atoms with Gasteiger partial charge in [0.15, 0.2) is 4.34 Å². The van der Waals surface area contributed by atoms with Crippen LogP contribution in [-0.4, -0.2) is 28.0 Å². The van der Waals surface area contributed by atoms with Gasteiger partial charge in [0.2, 0.25) is 0 Å². The van der Waals surface area contributed by atoms with Gasteiger partial charge in [-0.2, -0.15) is 0 Å². The Morgan fingerprint density at radius 2 is 1.69 bits per heavy atom. The molecule has 0 bridgehead atoms. The van der Waals surface area contributed by atoms with Gasteiger partial charge in [0.25, 0.3) is 0 Å². The van der Waals surface area contributed by atoms with E-state index < -0.39 is 0 Å². The smallest absolute Gasteiger partial charge is 0.166 e. The van der Waals surface area contributed by atoms with Gasteiger partial charge in [-0.15, -0.1) is 11.3 Å². The lowest BCUT2D eigenvalue weighted by atomic mass is 9.91. The van der Waals surface area contributed by atoms with E-state index in [2.05, 4.69) is 22.5 Å². The third kappa shape index (κ3) is 4.37. The molecule has 2 aliphatic carbocycles. The highest BCUT2D eigenvalue weighted by atomic mass is 32.2. The summed E-state index contributed by atoms with van der Waals surface area (Å²) in [6.07, 6.45) is 13.9. The molecule has 4 rings (SSSR count). The summed E-state index contributed by atoms with van der Waals surface area (Å²) in [5.74, 6) is 0.929. The Bertz CT molecular complexity index is 687. The lowest BCUT2D eigenvalue weighted by molar-refractivity contribution is 0.185. The first kappa shape index (κ1) is 18.6. The molecule has 26 heavy (non-hydrogen) atoms. The molecule has 2 fully saturated rings. The summed E-state index contributed by atoms with van der Waals surface area (Å²) in [5.41, 5.74) is 1.08. The summed E-state index contributed by atoms with van der Waals surface area (Å²) in [4.78, 5) is 4.94. The second-order valence-corrected chi connectivity index (χ2v) is 9.86. The second-order valence-electron chi connectivity index (χ2n) is 7.58. The standard InChI is InChI=1S/C21H30N2OS2/c1-2-24-18-13-14-20-19(15-18)22-21(25-20)26-23(16-9-5-3-6-10-16)17-11-7-4-8-12-17/h13-17H,2-12H2,1H3. The van der Waals surface area contributed by atoms with E-state index in [4.69, 9.17) is 9.72 Å². The van der Waals surface area contributed by atoms with E-state index in [9.17, 15) is 0 Å². The van der Waals surface area contributed by atoms with Crippen molar-refractivity contribution in [2.24, 2.45) is 0 Å². The van der Waals surface area contributed by atoms with Crippen molar-refractivity contribution in [1.29, 1.82) is 0 Å². The second kappa shape index (κ2) is 8.94.